The third-order valence-electron chi connectivity index (χ3n) is 4.59. The number of nitrogens with two attached hydrogens (primary N) is 1. The van der Waals surface area contributed by atoms with Crippen LogP contribution in [-0.4, -0.2) is 49.8 Å². The maximum atomic E-state index is 12.9. The largest absolute Gasteiger partial charge is 0.463 e. The van der Waals surface area contributed by atoms with Crippen LogP contribution in [0.15, 0.2) is 46.6 Å². The van der Waals surface area contributed by atoms with E-state index in [2.05, 4.69) is 0 Å². The van der Waals surface area contributed by atoms with Crippen LogP contribution in [0.2, 0.25) is 5.02 Å². The molecule has 0 aliphatic heterocycles. The molecule has 0 spiro atoms. The molecule has 1 aliphatic carbocycles. The van der Waals surface area contributed by atoms with Crippen LogP contribution in [0.25, 0.3) is 0 Å². The lowest BCUT2D eigenvalue weighted by Gasteiger charge is -2.31. The molecule has 28 heavy (non-hydrogen) atoms. The molecule has 0 heterocycles. The number of rotatable bonds is 9. The van der Waals surface area contributed by atoms with E-state index in [0.717, 1.165) is 11.1 Å². The van der Waals surface area contributed by atoms with Gasteiger partial charge >= 0.3 is 5.97 Å². The van der Waals surface area contributed by atoms with Gasteiger partial charge in [0.05, 0.1) is 25.4 Å². The van der Waals surface area contributed by atoms with E-state index in [4.69, 9.17) is 26.8 Å². The molecule has 3 N–H and O–H groups in total. The van der Waals surface area contributed by atoms with Crippen LogP contribution in [0.3, 0.4) is 0 Å². The van der Waals surface area contributed by atoms with E-state index < -0.39 is 24.3 Å². The summed E-state index contributed by atoms with van der Waals surface area (Å²) in [4.78, 5) is 25.5. The average Bonchev–Trinajstić information content (AvgIpc) is 2.67. The van der Waals surface area contributed by atoms with Gasteiger partial charge in [-0.1, -0.05) is 35.4 Å². The van der Waals surface area contributed by atoms with Gasteiger partial charge in [0.25, 0.3) is 0 Å². The quantitative estimate of drug-likeness (QED) is 0.482. The van der Waals surface area contributed by atoms with E-state index in [9.17, 15) is 14.7 Å². The molecule has 1 atom stereocenters. The molecule has 0 amide bonds. The van der Waals surface area contributed by atoms with Gasteiger partial charge in [0.15, 0.2) is 5.78 Å². The monoisotopic (exact) mass is 407 g/mol. The van der Waals surface area contributed by atoms with Gasteiger partial charge in [-0.15, -0.1) is 0 Å². The van der Waals surface area contributed by atoms with E-state index >= 15 is 0 Å². The lowest BCUT2D eigenvalue weighted by Crippen LogP contribution is -2.29. The maximum absolute atomic E-state index is 12.9. The normalized spacial score (nSPS) is 17.1. The van der Waals surface area contributed by atoms with Crippen molar-refractivity contribution in [2.45, 2.75) is 26.2 Å². The van der Waals surface area contributed by atoms with E-state index in [1.54, 1.807) is 31.2 Å². The first-order valence-electron chi connectivity index (χ1n) is 9.21. The highest BCUT2D eigenvalue weighted by molar-refractivity contribution is 6.31. The summed E-state index contributed by atoms with van der Waals surface area (Å²) in [5.41, 5.74) is 8.32. The standard InChI is InChI=1S/C21H26ClNO5/c1-3-28-21(26)19-14(12-27-9-8-23)10-13(2)18(17(25)11-24)20(19)15-6-4-5-7-16(15)22/h4-7,20,24H,3,8-12,23H2,1-2H3. The zero-order chi connectivity index (χ0) is 20.7. The maximum Gasteiger partial charge on any atom is 0.335 e. The van der Waals surface area contributed by atoms with Crippen molar-refractivity contribution in [1.29, 1.82) is 0 Å². The molecule has 0 saturated heterocycles. The highest BCUT2D eigenvalue weighted by Gasteiger charge is 2.38. The summed E-state index contributed by atoms with van der Waals surface area (Å²) in [6.45, 7) is 3.99. The Hall–Kier alpha value is -1.99. The molecule has 1 unspecified atom stereocenters. The summed E-state index contributed by atoms with van der Waals surface area (Å²) < 4.78 is 10.9. The molecule has 152 valence electrons. The third-order valence-corrected chi connectivity index (χ3v) is 4.93. The number of benzene rings is 1. The average molecular weight is 408 g/mol. The molecule has 1 aromatic rings. The number of ketones is 1. The van der Waals surface area contributed by atoms with Crippen LogP contribution in [-0.2, 0) is 19.1 Å². The Morgan fingerprint density at radius 3 is 2.61 bits per heavy atom. The Balaban J connectivity index is 2.67. The number of ether oxygens (including phenoxy) is 2. The second-order valence-corrected chi connectivity index (χ2v) is 6.89. The van der Waals surface area contributed by atoms with Crippen LogP contribution in [0.4, 0.5) is 0 Å². The van der Waals surface area contributed by atoms with Crippen molar-refractivity contribution in [1.82, 2.24) is 0 Å². The summed E-state index contributed by atoms with van der Waals surface area (Å²) >= 11 is 6.42. The minimum Gasteiger partial charge on any atom is -0.463 e. The predicted octanol–water partition coefficient (Wildman–Crippen LogP) is 2.54. The van der Waals surface area contributed by atoms with Gasteiger partial charge in [-0.05, 0) is 37.5 Å². The summed E-state index contributed by atoms with van der Waals surface area (Å²) in [5, 5.41) is 9.94. The van der Waals surface area contributed by atoms with E-state index in [-0.39, 0.29) is 13.2 Å². The number of allylic oxidation sites excluding steroid dienone is 1. The number of esters is 1. The SMILES string of the molecule is CCOC(=O)C1=C(COCCN)CC(C)=C(C(=O)CO)C1c1ccccc1Cl. The Morgan fingerprint density at radius 1 is 1.29 bits per heavy atom. The predicted molar refractivity (Wildman–Crippen MR) is 107 cm³/mol. The zero-order valence-electron chi connectivity index (χ0n) is 16.2. The van der Waals surface area contributed by atoms with Crippen molar-refractivity contribution in [2.75, 3.05) is 33.0 Å². The van der Waals surface area contributed by atoms with E-state index in [1.807, 2.05) is 6.92 Å². The molecule has 6 nitrogen and oxygen atoms in total. The lowest BCUT2D eigenvalue weighted by molar-refractivity contribution is -0.138. The number of aliphatic hydroxyl groups excluding tert-OH is 1. The van der Waals surface area contributed by atoms with Crippen molar-refractivity contribution in [2.24, 2.45) is 5.73 Å². The molecule has 0 bridgehead atoms. The van der Waals surface area contributed by atoms with Gasteiger partial charge < -0.3 is 20.3 Å². The Bertz CT molecular complexity index is 800. The highest BCUT2D eigenvalue weighted by atomic mass is 35.5. The molecular formula is C21H26ClNO5. The fraction of sp³-hybridized carbons (Fsp3) is 0.429. The Morgan fingerprint density at radius 2 is 2.00 bits per heavy atom. The van der Waals surface area contributed by atoms with E-state index in [0.29, 0.717) is 41.3 Å². The number of carbonyl (C=O) groups is 2. The molecule has 2 rings (SSSR count). The molecule has 7 heteroatoms. The number of carbonyl (C=O) groups excluding carboxylic acids is 2. The lowest BCUT2D eigenvalue weighted by atomic mass is 9.73. The third kappa shape index (κ3) is 4.89. The smallest absolute Gasteiger partial charge is 0.335 e. The van der Waals surface area contributed by atoms with Gasteiger partial charge in [-0.3, -0.25) is 4.79 Å². The van der Waals surface area contributed by atoms with Crippen LogP contribution < -0.4 is 5.73 Å². The van der Waals surface area contributed by atoms with Crippen LogP contribution in [0.5, 0.6) is 0 Å². The molecule has 0 fully saturated rings. The van der Waals surface area contributed by atoms with Crippen LogP contribution in [0.1, 0.15) is 31.7 Å². The number of hydrogen-bond acceptors (Lipinski definition) is 6. The van der Waals surface area contributed by atoms with Gasteiger partial charge in [-0.2, -0.15) is 0 Å². The number of hydrogen-bond donors (Lipinski definition) is 2. The van der Waals surface area contributed by atoms with Gasteiger partial charge in [0, 0.05) is 23.1 Å². The Kier molecular flexibility index (Phi) is 8.38. The van der Waals surface area contributed by atoms with Gasteiger partial charge in [0.1, 0.15) is 6.61 Å². The fourth-order valence-corrected chi connectivity index (χ4v) is 3.73. The minimum absolute atomic E-state index is 0.195. The summed E-state index contributed by atoms with van der Waals surface area (Å²) in [5.74, 6) is -1.68. The number of Topliss-reactive ketones (excluding diaryl/α,β-unsaturated/α-hetero) is 1. The topological polar surface area (TPSA) is 98.9 Å². The first kappa shape index (κ1) is 22.3. The number of aliphatic hydroxyl groups is 1. The molecule has 0 aromatic heterocycles. The molecule has 0 saturated carbocycles. The van der Waals surface area contributed by atoms with Crippen LogP contribution >= 0.6 is 11.6 Å². The second kappa shape index (κ2) is 10.5. The molecule has 1 aromatic carbocycles. The van der Waals surface area contributed by atoms with Gasteiger partial charge in [-0.25, -0.2) is 4.79 Å². The zero-order valence-corrected chi connectivity index (χ0v) is 16.9. The van der Waals surface area contributed by atoms with Crippen molar-refractivity contribution < 1.29 is 24.2 Å². The first-order chi connectivity index (χ1) is 13.5. The van der Waals surface area contributed by atoms with Crippen molar-refractivity contribution >= 4 is 23.4 Å². The van der Waals surface area contributed by atoms with Crippen molar-refractivity contribution in [3.05, 3.63) is 57.1 Å². The Labute approximate surface area is 170 Å². The highest BCUT2D eigenvalue weighted by Crippen LogP contribution is 2.44. The molecule has 0 radical (unpaired) electrons. The van der Waals surface area contributed by atoms with Crippen LogP contribution in [0, 0.1) is 0 Å². The second-order valence-electron chi connectivity index (χ2n) is 6.49. The fourth-order valence-electron chi connectivity index (χ4n) is 3.49. The van der Waals surface area contributed by atoms with E-state index in [1.165, 1.54) is 0 Å². The summed E-state index contributed by atoms with van der Waals surface area (Å²) in [6, 6.07) is 7.04. The van der Waals surface area contributed by atoms with Crippen molar-refractivity contribution in [3.8, 4) is 0 Å². The first-order valence-corrected chi connectivity index (χ1v) is 9.58. The van der Waals surface area contributed by atoms with Gasteiger partial charge in [0.2, 0.25) is 0 Å². The molecule has 1 aliphatic rings. The van der Waals surface area contributed by atoms with Crippen molar-refractivity contribution in [3.63, 3.8) is 0 Å². The minimum atomic E-state index is -0.724. The summed E-state index contributed by atoms with van der Waals surface area (Å²) in [6.07, 6.45) is 0.376. The number of halogens is 1. The molecular weight excluding hydrogens is 382 g/mol. The summed E-state index contributed by atoms with van der Waals surface area (Å²) in [7, 11) is 0.